The van der Waals surface area contributed by atoms with Gasteiger partial charge in [0.25, 0.3) is 5.91 Å². The molecule has 2 aromatic heterocycles. The molecule has 3 aromatic rings. The Morgan fingerprint density at radius 3 is 2.71 bits per heavy atom. The van der Waals surface area contributed by atoms with E-state index in [-0.39, 0.29) is 11.8 Å². The Morgan fingerprint density at radius 2 is 1.96 bits per heavy atom. The molecular weight excluding hydrogens is 354 g/mol. The molecule has 0 aliphatic carbocycles. The molecule has 0 saturated carbocycles. The van der Waals surface area contributed by atoms with E-state index < -0.39 is 6.04 Å². The number of nitrogens with one attached hydrogen (secondary N) is 1. The van der Waals surface area contributed by atoms with Crippen molar-refractivity contribution in [3.05, 3.63) is 64.6 Å². The van der Waals surface area contributed by atoms with Gasteiger partial charge in [-0.1, -0.05) is 30.3 Å². The number of hydrogen-bond acceptors (Lipinski definition) is 4. The lowest BCUT2D eigenvalue weighted by Gasteiger charge is -2.35. The molecule has 1 saturated heterocycles. The summed E-state index contributed by atoms with van der Waals surface area (Å²) in [5.74, 6) is -0.321. The summed E-state index contributed by atoms with van der Waals surface area (Å²) in [4.78, 5) is 32.3. The Labute approximate surface area is 163 Å². The zero-order valence-electron chi connectivity index (χ0n) is 16.3. The minimum absolute atomic E-state index is 0.127. The quantitative estimate of drug-likeness (QED) is 0.755. The molecule has 4 rings (SSSR count). The van der Waals surface area contributed by atoms with Gasteiger partial charge in [-0.15, -0.1) is 0 Å². The van der Waals surface area contributed by atoms with E-state index in [0.717, 1.165) is 17.0 Å². The van der Waals surface area contributed by atoms with E-state index in [1.54, 1.807) is 9.42 Å². The van der Waals surface area contributed by atoms with Crippen molar-refractivity contribution in [1.29, 1.82) is 0 Å². The van der Waals surface area contributed by atoms with Crippen molar-refractivity contribution >= 4 is 17.5 Å². The van der Waals surface area contributed by atoms with E-state index in [2.05, 4.69) is 15.4 Å². The molecule has 3 heterocycles. The lowest BCUT2D eigenvalue weighted by Crippen LogP contribution is -2.58. The molecule has 144 valence electrons. The minimum Gasteiger partial charge on any atom is -0.353 e. The van der Waals surface area contributed by atoms with Gasteiger partial charge < -0.3 is 10.2 Å². The van der Waals surface area contributed by atoms with Crippen LogP contribution in [0.1, 0.15) is 33.0 Å². The van der Waals surface area contributed by atoms with Gasteiger partial charge in [0.1, 0.15) is 11.6 Å². The molecule has 0 unspecified atom stereocenters. The molecular formula is C21H23N5O2. The number of piperazine rings is 1. The molecule has 1 aromatic carbocycles. The summed E-state index contributed by atoms with van der Waals surface area (Å²) in [5, 5.41) is 7.39. The number of carbonyl (C=O) groups is 2. The monoisotopic (exact) mass is 377 g/mol. The second-order valence-electron chi connectivity index (χ2n) is 7.23. The second kappa shape index (κ2) is 7.07. The number of carbonyl (C=O) groups excluding carboxylic acids is 2. The zero-order valence-corrected chi connectivity index (χ0v) is 16.3. The van der Waals surface area contributed by atoms with Gasteiger partial charge in [0.05, 0.1) is 5.69 Å². The molecule has 0 bridgehead atoms. The predicted octanol–water partition coefficient (Wildman–Crippen LogP) is 1.84. The van der Waals surface area contributed by atoms with Crippen molar-refractivity contribution < 1.29 is 9.59 Å². The Bertz CT molecular complexity index is 1060. The summed E-state index contributed by atoms with van der Waals surface area (Å²) in [6, 6.07) is 11.1. The summed E-state index contributed by atoms with van der Waals surface area (Å²) in [5.41, 5.74) is 4.40. The summed E-state index contributed by atoms with van der Waals surface area (Å²) in [6.07, 6.45) is 0.474. The van der Waals surface area contributed by atoms with E-state index in [1.165, 1.54) is 0 Å². The molecule has 28 heavy (non-hydrogen) atoms. The maximum atomic E-state index is 13.5. The van der Waals surface area contributed by atoms with Crippen LogP contribution in [0.25, 0.3) is 5.65 Å². The average Bonchev–Trinajstić information content (AvgIpc) is 3.00. The number of aromatic nitrogens is 3. The molecule has 1 aliphatic rings. The van der Waals surface area contributed by atoms with Crippen LogP contribution >= 0.6 is 0 Å². The van der Waals surface area contributed by atoms with Crippen LogP contribution in [0.3, 0.4) is 0 Å². The average molecular weight is 377 g/mol. The van der Waals surface area contributed by atoms with Crippen molar-refractivity contribution in [2.45, 2.75) is 33.2 Å². The van der Waals surface area contributed by atoms with E-state index in [9.17, 15) is 9.59 Å². The normalized spacial score (nSPS) is 17.0. The van der Waals surface area contributed by atoms with Crippen LogP contribution in [0.2, 0.25) is 0 Å². The maximum absolute atomic E-state index is 13.5. The topological polar surface area (TPSA) is 79.6 Å². The summed E-state index contributed by atoms with van der Waals surface area (Å²) < 4.78 is 1.70. The smallest absolute Gasteiger partial charge is 0.260 e. The largest absolute Gasteiger partial charge is 0.353 e. The molecule has 2 amide bonds. The Morgan fingerprint density at radius 1 is 1.21 bits per heavy atom. The van der Waals surface area contributed by atoms with Crippen LogP contribution in [-0.2, 0) is 11.2 Å². The van der Waals surface area contributed by atoms with Crippen LogP contribution in [-0.4, -0.2) is 50.4 Å². The molecule has 7 heteroatoms. The zero-order chi connectivity index (χ0) is 19.8. The predicted molar refractivity (Wildman–Crippen MR) is 105 cm³/mol. The number of hydrogen-bond donors (Lipinski definition) is 1. The first kappa shape index (κ1) is 18.2. The van der Waals surface area contributed by atoms with Crippen molar-refractivity contribution in [3.63, 3.8) is 0 Å². The molecule has 1 aliphatic heterocycles. The SMILES string of the molecule is Cc1cc(C)n2nc(C)c(C(=O)N3CCNC(=O)[C@H]3Cc3ccccc3)c2n1. The number of nitrogens with zero attached hydrogens (tertiary/aromatic N) is 4. The maximum Gasteiger partial charge on any atom is 0.260 e. The highest BCUT2D eigenvalue weighted by atomic mass is 16.2. The molecule has 0 spiro atoms. The van der Waals surface area contributed by atoms with Gasteiger partial charge in [-0.2, -0.15) is 5.10 Å². The van der Waals surface area contributed by atoms with Crippen LogP contribution in [0.4, 0.5) is 0 Å². The van der Waals surface area contributed by atoms with Gasteiger partial charge in [-0.3, -0.25) is 9.59 Å². The fraction of sp³-hybridized carbons (Fsp3) is 0.333. The molecule has 1 N–H and O–H groups in total. The van der Waals surface area contributed by atoms with Gasteiger partial charge in [-0.25, -0.2) is 9.50 Å². The van der Waals surface area contributed by atoms with E-state index in [0.29, 0.717) is 36.4 Å². The Hall–Kier alpha value is -3.22. The van der Waals surface area contributed by atoms with Gasteiger partial charge in [0.15, 0.2) is 5.65 Å². The third-order valence-electron chi connectivity index (χ3n) is 5.15. The minimum atomic E-state index is -0.552. The fourth-order valence-corrected chi connectivity index (χ4v) is 3.82. The number of aryl methyl sites for hydroxylation is 3. The lowest BCUT2D eigenvalue weighted by molar-refractivity contribution is -0.127. The molecule has 7 nitrogen and oxygen atoms in total. The fourth-order valence-electron chi connectivity index (χ4n) is 3.82. The standard InChI is InChI=1S/C21H23N5O2/c1-13-11-14(2)26-19(23-13)18(15(3)24-26)21(28)25-10-9-22-20(27)17(25)12-16-7-5-4-6-8-16/h4-8,11,17H,9-10,12H2,1-3H3,(H,22,27)/t17-/m1/s1. The highest BCUT2D eigenvalue weighted by molar-refractivity contribution is 6.03. The first-order chi connectivity index (χ1) is 13.5. The van der Waals surface area contributed by atoms with Crippen molar-refractivity contribution in [2.24, 2.45) is 0 Å². The van der Waals surface area contributed by atoms with Crippen molar-refractivity contribution in [2.75, 3.05) is 13.1 Å². The third kappa shape index (κ3) is 3.13. The first-order valence-corrected chi connectivity index (χ1v) is 9.42. The van der Waals surface area contributed by atoms with Crippen LogP contribution < -0.4 is 5.32 Å². The van der Waals surface area contributed by atoms with Gasteiger partial charge in [0.2, 0.25) is 5.91 Å². The van der Waals surface area contributed by atoms with Crippen LogP contribution in [0, 0.1) is 20.8 Å². The van der Waals surface area contributed by atoms with Crippen LogP contribution in [0.5, 0.6) is 0 Å². The van der Waals surface area contributed by atoms with Crippen molar-refractivity contribution in [3.8, 4) is 0 Å². The number of amides is 2. The second-order valence-corrected chi connectivity index (χ2v) is 7.23. The first-order valence-electron chi connectivity index (χ1n) is 9.42. The number of benzene rings is 1. The number of rotatable bonds is 3. The highest BCUT2D eigenvalue weighted by Gasteiger charge is 2.35. The molecule has 0 radical (unpaired) electrons. The van der Waals surface area contributed by atoms with E-state index in [4.69, 9.17) is 0 Å². The third-order valence-corrected chi connectivity index (χ3v) is 5.15. The summed E-state index contributed by atoms with van der Waals surface area (Å²) >= 11 is 0. The van der Waals surface area contributed by atoms with E-state index >= 15 is 0 Å². The summed E-state index contributed by atoms with van der Waals surface area (Å²) in [6.45, 7) is 6.56. The van der Waals surface area contributed by atoms with Crippen molar-refractivity contribution in [1.82, 2.24) is 24.8 Å². The summed E-state index contributed by atoms with van der Waals surface area (Å²) in [7, 11) is 0. The van der Waals surface area contributed by atoms with Gasteiger partial charge >= 0.3 is 0 Å². The molecule has 1 fully saturated rings. The lowest BCUT2D eigenvalue weighted by atomic mass is 10.0. The van der Waals surface area contributed by atoms with Gasteiger partial charge in [-0.05, 0) is 32.4 Å². The van der Waals surface area contributed by atoms with Crippen LogP contribution in [0.15, 0.2) is 36.4 Å². The highest BCUT2D eigenvalue weighted by Crippen LogP contribution is 2.21. The Balaban J connectivity index is 1.74. The molecule has 1 atom stereocenters. The number of fused-ring (bicyclic) bond motifs is 1. The van der Waals surface area contributed by atoms with E-state index in [1.807, 2.05) is 57.2 Å². The van der Waals surface area contributed by atoms with Gasteiger partial charge in [0, 0.05) is 30.9 Å². The Kier molecular flexibility index (Phi) is 4.58.